The van der Waals surface area contributed by atoms with Crippen LogP contribution in [0.2, 0.25) is 0 Å². The van der Waals surface area contributed by atoms with Crippen molar-refractivity contribution in [1.29, 1.82) is 0 Å². The quantitative estimate of drug-likeness (QED) is 0.849. The Hall–Kier alpha value is -1.83. The molecule has 2 atom stereocenters. The number of carbonyl (C=O) groups is 1. The van der Waals surface area contributed by atoms with Gasteiger partial charge in [0.1, 0.15) is 13.2 Å². The van der Waals surface area contributed by atoms with Crippen LogP contribution in [-0.2, 0) is 9.53 Å². The second kappa shape index (κ2) is 7.19. The Labute approximate surface area is 146 Å². The van der Waals surface area contributed by atoms with Crippen molar-refractivity contribution in [3.05, 3.63) is 18.2 Å². The molecule has 3 aliphatic rings. The lowest BCUT2D eigenvalue weighted by Gasteiger charge is -2.34. The summed E-state index contributed by atoms with van der Waals surface area (Å²) in [6.07, 6.45) is 1.81. The van der Waals surface area contributed by atoms with E-state index in [1.165, 1.54) is 0 Å². The van der Waals surface area contributed by atoms with Gasteiger partial charge < -0.3 is 24.6 Å². The van der Waals surface area contributed by atoms with E-state index in [2.05, 4.69) is 10.2 Å². The molecule has 0 saturated carbocycles. The maximum Gasteiger partial charge on any atom is 0.241 e. The highest BCUT2D eigenvalue weighted by Gasteiger charge is 2.40. The summed E-state index contributed by atoms with van der Waals surface area (Å²) in [4.78, 5) is 15.0. The highest BCUT2D eigenvalue weighted by molar-refractivity contribution is 5.95. The molecule has 2 N–H and O–H groups in total. The van der Waals surface area contributed by atoms with Gasteiger partial charge in [-0.05, 0) is 31.4 Å². The standard InChI is InChI=1S/C18H24N2O5/c21-14-10-15(20(11-14)13-3-5-23-6-4-13)18(22)19-12-1-2-16-17(9-12)25-8-7-24-16/h1-2,9,13-15,21H,3-8,10-11H2,(H,19,22)/t14-,15+/m1/s1. The number of nitrogens with one attached hydrogen (secondary N) is 1. The molecule has 2 saturated heterocycles. The second-order valence-corrected chi connectivity index (χ2v) is 6.79. The van der Waals surface area contributed by atoms with Crippen molar-refractivity contribution in [3.8, 4) is 11.5 Å². The zero-order chi connectivity index (χ0) is 17.2. The average molecular weight is 348 g/mol. The lowest BCUT2D eigenvalue weighted by atomic mass is 10.1. The van der Waals surface area contributed by atoms with Crippen molar-refractivity contribution in [2.45, 2.75) is 37.5 Å². The van der Waals surface area contributed by atoms with E-state index in [0.29, 0.717) is 62.6 Å². The first kappa shape index (κ1) is 16.6. The number of hydrogen-bond acceptors (Lipinski definition) is 6. The minimum Gasteiger partial charge on any atom is -0.486 e. The van der Waals surface area contributed by atoms with E-state index in [1.54, 1.807) is 6.07 Å². The van der Waals surface area contributed by atoms with Gasteiger partial charge in [0.25, 0.3) is 0 Å². The summed E-state index contributed by atoms with van der Waals surface area (Å²) in [7, 11) is 0. The monoisotopic (exact) mass is 348 g/mol. The minimum atomic E-state index is -0.459. The van der Waals surface area contributed by atoms with Crippen LogP contribution in [0.15, 0.2) is 18.2 Å². The smallest absolute Gasteiger partial charge is 0.241 e. The minimum absolute atomic E-state index is 0.0836. The second-order valence-electron chi connectivity index (χ2n) is 6.79. The van der Waals surface area contributed by atoms with Crippen molar-refractivity contribution in [3.63, 3.8) is 0 Å². The fourth-order valence-corrected chi connectivity index (χ4v) is 3.86. The molecule has 1 amide bonds. The van der Waals surface area contributed by atoms with Crippen molar-refractivity contribution in [2.75, 3.05) is 38.3 Å². The normalized spacial score (nSPS) is 27.2. The molecule has 25 heavy (non-hydrogen) atoms. The lowest BCUT2D eigenvalue weighted by molar-refractivity contribution is -0.121. The van der Waals surface area contributed by atoms with E-state index in [0.717, 1.165) is 12.8 Å². The summed E-state index contributed by atoms with van der Waals surface area (Å²) in [5.41, 5.74) is 0.683. The molecule has 0 bridgehead atoms. The van der Waals surface area contributed by atoms with Gasteiger partial charge >= 0.3 is 0 Å². The predicted molar refractivity (Wildman–Crippen MR) is 91.0 cm³/mol. The number of likely N-dealkylation sites (tertiary alicyclic amines) is 1. The third kappa shape index (κ3) is 3.58. The van der Waals surface area contributed by atoms with Gasteiger partial charge in [0.2, 0.25) is 5.91 Å². The topological polar surface area (TPSA) is 80.3 Å². The zero-order valence-electron chi connectivity index (χ0n) is 14.1. The van der Waals surface area contributed by atoms with Gasteiger partial charge in [-0.15, -0.1) is 0 Å². The summed E-state index contributed by atoms with van der Waals surface area (Å²) in [6, 6.07) is 5.39. The molecule has 3 aliphatic heterocycles. The van der Waals surface area contributed by atoms with E-state index in [-0.39, 0.29) is 11.9 Å². The average Bonchev–Trinajstić information content (AvgIpc) is 3.04. The number of amides is 1. The SMILES string of the molecule is O=C(Nc1ccc2c(c1)OCCO2)[C@@H]1C[C@@H](O)CN1C1CCOCC1. The van der Waals surface area contributed by atoms with Crippen molar-refractivity contribution >= 4 is 11.6 Å². The van der Waals surface area contributed by atoms with Crippen LogP contribution in [0.25, 0.3) is 0 Å². The fourth-order valence-electron chi connectivity index (χ4n) is 3.86. The molecule has 0 aliphatic carbocycles. The molecular weight excluding hydrogens is 324 g/mol. The largest absolute Gasteiger partial charge is 0.486 e. The molecule has 3 heterocycles. The number of fused-ring (bicyclic) bond motifs is 1. The maximum atomic E-state index is 12.8. The van der Waals surface area contributed by atoms with Crippen LogP contribution in [0.3, 0.4) is 0 Å². The van der Waals surface area contributed by atoms with E-state index in [4.69, 9.17) is 14.2 Å². The summed E-state index contributed by atoms with van der Waals surface area (Å²) < 4.78 is 16.5. The highest BCUT2D eigenvalue weighted by atomic mass is 16.6. The van der Waals surface area contributed by atoms with E-state index in [9.17, 15) is 9.90 Å². The van der Waals surface area contributed by atoms with Gasteiger partial charge in [-0.25, -0.2) is 0 Å². The Morgan fingerprint density at radius 2 is 1.88 bits per heavy atom. The Bertz CT molecular complexity index is 632. The number of anilines is 1. The Morgan fingerprint density at radius 3 is 2.68 bits per heavy atom. The number of hydrogen-bond donors (Lipinski definition) is 2. The Kier molecular flexibility index (Phi) is 4.78. The number of β-amino-alcohol motifs (C(OH)–C–C–N with tert-alkyl or cyclic N) is 1. The first-order valence-corrected chi connectivity index (χ1v) is 8.93. The van der Waals surface area contributed by atoms with Crippen LogP contribution < -0.4 is 14.8 Å². The van der Waals surface area contributed by atoms with Crippen LogP contribution in [0.5, 0.6) is 11.5 Å². The first-order valence-electron chi connectivity index (χ1n) is 8.93. The van der Waals surface area contributed by atoms with Gasteiger partial charge in [0.05, 0.1) is 12.1 Å². The summed E-state index contributed by atoms with van der Waals surface area (Å²) in [6.45, 7) is 3.03. The van der Waals surface area contributed by atoms with E-state index < -0.39 is 6.10 Å². The van der Waals surface area contributed by atoms with E-state index in [1.807, 2.05) is 12.1 Å². The number of nitrogens with zero attached hydrogens (tertiary/aromatic N) is 1. The molecule has 136 valence electrons. The molecule has 0 aromatic heterocycles. The van der Waals surface area contributed by atoms with Crippen LogP contribution in [0.4, 0.5) is 5.69 Å². The van der Waals surface area contributed by atoms with Gasteiger partial charge in [0.15, 0.2) is 11.5 Å². The van der Waals surface area contributed by atoms with Crippen molar-refractivity contribution in [1.82, 2.24) is 4.90 Å². The Morgan fingerprint density at radius 1 is 1.12 bits per heavy atom. The summed E-state index contributed by atoms with van der Waals surface area (Å²) in [5, 5.41) is 13.0. The van der Waals surface area contributed by atoms with Crippen LogP contribution >= 0.6 is 0 Å². The number of carbonyl (C=O) groups excluding carboxylic acids is 1. The van der Waals surface area contributed by atoms with Crippen LogP contribution in [0, 0.1) is 0 Å². The number of benzene rings is 1. The Balaban J connectivity index is 1.45. The number of rotatable bonds is 3. The van der Waals surface area contributed by atoms with Gasteiger partial charge in [-0.2, -0.15) is 0 Å². The molecule has 1 aromatic rings. The molecule has 7 nitrogen and oxygen atoms in total. The number of aliphatic hydroxyl groups is 1. The molecule has 2 fully saturated rings. The van der Waals surface area contributed by atoms with Crippen molar-refractivity contribution in [2.24, 2.45) is 0 Å². The molecule has 0 radical (unpaired) electrons. The van der Waals surface area contributed by atoms with E-state index >= 15 is 0 Å². The van der Waals surface area contributed by atoms with Crippen LogP contribution in [-0.4, -0.2) is 67.1 Å². The summed E-state index contributed by atoms with van der Waals surface area (Å²) >= 11 is 0. The zero-order valence-corrected chi connectivity index (χ0v) is 14.1. The third-order valence-corrected chi connectivity index (χ3v) is 5.09. The van der Waals surface area contributed by atoms with Crippen molar-refractivity contribution < 1.29 is 24.1 Å². The molecule has 7 heteroatoms. The molecule has 0 unspecified atom stereocenters. The fraction of sp³-hybridized carbons (Fsp3) is 0.611. The van der Waals surface area contributed by atoms with Gasteiger partial charge in [-0.3, -0.25) is 9.69 Å². The number of aliphatic hydroxyl groups excluding tert-OH is 1. The first-order chi connectivity index (χ1) is 12.2. The number of ether oxygens (including phenoxy) is 3. The molecule has 1 aromatic carbocycles. The predicted octanol–water partition coefficient (Wildman–Crippen LogP) is 1.01. The molecule has 0 spiro atoms. The molecular formula is C18H24N2O5. The summed E-state index contributed by atoms with van der Waals surface area (Å²) in [5.74, 6) is 1.26. The molecule has 4 rings (SSSR count). The highest BCUT2D eigenvalue weighted by Crippen LogP contribution is 2.33. The van der Waals surface area contributed by atoms with Gasteiger partial charge in [-0.1, -0.05) is 0 Å². The third-order valence-electron chi connectivity index (χ3n) is 5.09. The van der Waals surface area contributed by atoms with Crippen LogP contribution in [0.1, 0.15) is 19.3 Å². The maximum absolute atomic E-state index is 12.8. The van der Waals surface area contributed by atoms with Gasteiger partial charge in [0, 0.05) is 37.6 Å². The lowest BCUT2D eigenvalue weighted by Crippen LogP contribution is -2.47.